The van der Waals surface area contributed by atoms with Crippen LogP contribution >= 0.6 is 11.6 Å². The Labute approximate surface area is 127 Å². The normalized spacial score (nSPS) is 11.2. The van der Waals surface area contributed by atoms with Crippen molar-refractivity contribution in [1.29, 1.82) is 0 Å². The molecular formula is C14H13ClFNO3S. The molecule has 0 heterocycles. The summed E-state index contributed by atoms with van der Waals surface area (Å²) in [7, 11) is -2.60. The summed E-state index contributed by atoms with van der Waals surface area (Å²) in [6.07, 6.45) is 0. The topological polar surface area (TPSA) is 55.4 Å². The van der Waals surface area contributed by atoms with Gasteiger partial charge < -0.3 is 4.74 Å². The fourth-order valence-corrected chi connectivity index (χ4v) is 3.04. The molecule has 0 saturated heterocycles. The Bertz CT molecular complexity index is 778. The molecule has 0 aliphatic carbocycles. The lowest BCUT2D eigenvalue weighted by molar-refractivity contribution is 0.385. The van der Waals surface area contributed by atoms with Crippen LogP contribution in [0.15, 0.2) is 41.3 Å². The number of methoxy groups -OCH3 is 1. The van der Waals surface area contributed by atoms with Crippen LogP contribution in [0.25, 0.3) is 0 Å². The Morgan fingerprint density at radius 1 is 1.24 bits per heavy atom. The van der Waals surface area contributed by atoms with E-state index >= 15 is 0 Å². The molecule has 0 aliphatic rings. The van der Waals surface area contributed by atoms with Crippen molar-refractivity contribution in [2.45, 2.75) is 11.8 Å². The van der Waals surface area contributed by atoms with Gasteiger partial charge in [-0.05, 0) is 42.8 Å². The number of nitrogens with one attached hydrogen (secondary N) is 1. The van der Waals surface area contributed by atoms with Crippen LogP contribution in [0, 0.1) is 12.7 Å². The molecule has 2 aromatic rings. The van der Waals surface area contributed by atoms with Crippen molar-refractivity contribution in [3.05, 3.63) is 52.8 Å². The molecule has 2 rings (SSSR count). The first kappa shape index (κ1) is 15.6. The molecule has 4 nitrogen and oxygen atoms in total. The summed E-state index contributed by atoms with van der Waals surface area (Å²) in [5.41, 5.74) is 0.940. The van der Waals surface area contributed by atoms with E-state index in [1.54, 1.807) is 25.1 Å². The summed E-state index contributed by atoms with van der Waals surface area (Å²) >= 11 is 5.94. The van der Waals surface area contributed by atoms with Gasteiger partial charge in [-0.2, -0.15) is 0 Å². The van der Waals surface area contributed by atoms with Crippen LogP contribution in [-0.4, -0.2) is 15.5 Å². The third-order valence-electron chi connectivity index (χ3n) is 2.95. The highest BCUT2D eigenvalue weighted by Gasteiger charge is 2.18. The van der Waals surface area contributed by atoms with Crippen molar-refractivity contribution in [3.63, 3.8) is 0 Å². The van der Waals surface area contributed by atoms with Crippen molar-refractivity contribution in [3.8, 4) is 5.75 Å². The van der Waals surface area contributed by atoms with Crippen LogP contribution in [-0.2, 0) is 10.0 Å². The highest BCUT2D eigenvalue weighted by molar-refractivity contribution is 7.92. The average Bonchev–Trinajstić information content (AvgIpc) is 2.43. The molecule has 0 radical (unpaired) electrons. The van der Waals surface area contributed by atoms with Gasteiger partial charge in [-0.1, -0.05) is 17.7 Å². The van der Waals surface area contributed by atoms with E-state index in [0.29, 0.717) is 16.3 Å². The molecule has 0 atom stereocenters. The molecule has 0 aromatic heterocycles. The number of rotatable bonds is 4. The zero-order valence-electron chi connectivity index (χ0n) is 11.4. The van der Waals surface area contributed by atoms with E-state index in [1.165, 1.54) is 19.2 Å². The third kappa shape index (κ3) is 3.28. The van der Waals surface area contributed by atoms with Crippen LogP contribution in [0.4, 0.5) is 10.1 Å². The second-order valence-electron chi connectivity index (χ2n) is 4.31. The van der Waals surface area contributed by atoms with Crippen LogP contribution in [0.2, 0.25) is 5.02 Å². The Kier molecular flexibility index (Phi) is 4.39. The minimum Gasteiger partial charge on any atom is -0.494 e. The maximum atomic E-state index is 13.6. The van der Waals surface area contributed by atoms with Gasteiger partial charge in [0.2, 0.25) is 0 Å². The van der Waals surface area contributed by atoms with Gasteiger partial charge in [0.15, 0.2) is 11.6 Å². The molecule has 0 amide bonds. The molecule has 112 valence electrons. The number of sulfonamides is 1. The predicted molar refractivity (Wildman–Crippen MR) is 79.9 cm³/mol. The molecule has 0 saturated carbocycles. The van der Waals surface area contributed by atoms with Gasteiger partial charge in [0.1, 0.15) is 0 Å². The molecule has 21 heavy (non-hydrogen) atoms. The predicted octanol–water partition coefficient (Wildman–Crippen LogP) is 3.60. The smallest absolute Gasteiger partial charge is 0.262 e. The lowest BCUT2D eigenvalue weighted by Gasteiger charge is -2.12. The van der Waals surface area contributed by atoms with Crippen molar-refractivity contribution in [1.82, 2.24) is 0 Å². The van der Waals surface area contributed by atoms with Gasteiger partial charge in [-0.3, -0.25) is 4.72 Å². The zero-order chi connectivity index (χ0) is 15.6. The molecule has 0 fully saturated rings. The Balaban J connectivity index is 2.39. The van der Waals surface area contributed by atoms with E-state index in [4.69, 9.17) is 16.3 Å². The minimum atomic E-state index is -3.90. The number of ether oxygens (including phenoxy) is 1. The van der Waals surface area contributed by atoms with Crippen molar-refractivity contribution >= 4 is 27.3 Å². The van der Waals surface area contributed by atoms with E-state index < -0.39 is 15.8 Å². The van der Waals surface area contributed by atoms with E-state index in [0.717, 1.165) is 6.07 Å². The van der Waals surface area contributed by atoms with Gasteiger partial charge in [0, 0.05) is 5.02 Å². The standard InChI is InChI=1S/C14H13ClFNO3S/c1-9-11(15)4-3-5-13(9)17-21(18,19)10-6-7-14(20-2)12(16)8-10/h3-8,17H,1-2H3. The second-order valence-corrected chi connectivity index (χ2v) is 6.40. The average molecular weight is 330 g/mol. The van der Waals surface area contributed by atoms with E-state index in [-0.39, 0.29) is 10.6 Å². The second kappa shape index (κ2) is 5.91. The highest BCUT2D eigenvalue weighted by atomic mass is 35.5. The molecule has 0 unspecified atom stereocenters. The monoisotopic (exact) mass is 329 g/mol. The first-order valence-corrected chi connectivity index (χ1v) is 7.83. The van der Waals surface area contributed by atoms with E-state index in [1.807, 2.05) is 0 Å². The van der Waals surface area contributed by atoms with Gasteiger partial charge in [-0.25, -0.2) is 12.8 Å². The van der Waals surface area contributed by atoms with Crippen LogP contribution in [0.1, 0.15) is 5.56 Å². The quantitative estimate of drug-likeness (QED) is 0.932. The fraction of sp³-hybridized carbons (Fsp3) is 0.143. The summed E-state index contributed by atoms with van der Waals surface area (Å²) < 4.78 is 45.3. The Morgan fingerprint density at radius 3 is 2.57 bits per heavy atom. The summed E-state index contributed by atoms with van der Waals surface area (Å²) in [6.45, 7) is 1.69. The highest BCUT2D eigenvalue weighted by Crippen LogP contribution is 2.27. The number of halogens is 2. The summed E-state index contributed by atoms with van der Waals surface area (Å²) in [6, 6.07) is 8.29. The summed E-state index contributed by atoms with van der Waals surface area (Å²) in [4.78, 5) is -0.194. The first-order chi connectivity index (χ1) is 9.85. The molecule has 0 aliphatic heterocycles. The Morgan fingerprint density at radius 2 is 1.95 bits per heavy atom. The maximum absolute atomic E-state index is 13.6. The van der Waals surface area contributed by atoms with Gasteiger partial charge in [0.25, 0.3) is 10.0 Å². The first-order valence-electron chi connectivity index (χ1n) is 5.96. The van der Waals surface area contributed by atoms with E-state index in [2.05, 4.69) is 4.72 Å². The minimum absolute atomic E-state index is 0.0205. The molecule has 7 heteroatoms. The van der Waals surface area contributed by atoms with Gasteiger partial charge in [-0.15, -0.1) is 0 Å². The van der Waals surface area contributed by atoms with E-state index in [9.17, 15) is 12.8 Å². The number of benzene rings is 2. The van der Waals surface area contributed by atoms with Crippen molar-refractivity contribution < 1.29 is 17.5 Å². The summed E-state index contributed by atoms with van der Waals surface area (Å²) in [5.74, 6) is -0.768. The molecule has 2 aromatic carbocycles. The lowest BCUT2D eigenvalue weighted by atomic mass is 10.2. The van der Waals surface area contributed by atoms with Gasteiger partial charge >= 0.3 is 0 Å². The molecule has 0 spiro atoms. The third-order valence-corrected chi connectivity index (χ3v) is 4.72. The molecule has 0 bridgehead atoms. The zero-order valence-corrected chi connectivity index (χ0v) is 12.9. The number of hydrogen-bond acceptors (Lipinski definition) is 3. The van der Waals surface area contributed by atoms with Crippen molar-refractivity contribution in [2.24, 2.45) is 0 Å². The summed E-state index contributed by atoms with van der Waals surface area (Å²) in [5, 5.41) is 0.441. The van der Waals surface area contributed by atoms with Crippen molar-refractivity contribution in [2.75, 3.05) is 11.8 Å². The lowest BCUT2D eigenvalue weighted by Crippen LogP contribution is -2.14. The van der Waals surface area contributed by atoms with Crippen LogP contribution in [0.3, 0.4) is 0 Å². The Hall–Kier alpha value is -1.79. The van der Waals surface area contributed by atoms with Gasteiger partial charge in [0.05, 0.1) is 17.7 Å². The van der Waals surface area contributed by atoms with Crippen LogP contribution < -0.4 is 9.46 Å². The fourth-order valence-electron chi connectivity index (χ4n) is 1.74. The number of anilines is 1. The SMILES string of the molecule is COc1ccc(S(=O)(=O)Nc2cccc(Cl)c2C)cc1F. The molecular weight excluding hydrogens is 317 g/mol. The largest absolute Gasteiger partial charge is 0.494 e. The molecule has 1 N–H and O–H groups in total. The number of hydrogen-bond donors (Lipinski definition) is 1. The maximum Gasteiger partial charge on any atom is 0.262 e. The van der Waals surface area contributed by atoms with Crippen LogP contribution in [0.5, 0.6) is 5.75 Å².